The first-order valence-corrected chi connectivity index (χ1v) is 10.2. The van der Waals surface area contributed by atoms with Crippen molar-refractivity contribution in [3.8, 4) is 5.75 Å². The summed E-state index contributed by atoms with van der Waals surface area (Å²) in [7, 11) is 1.25. The number of allylic oxidation sites excluding steroid dienone is 2. The highest BCUT2D eigenvalue weighted by molar-refractivity contribution is 6.30. The van der Waals surface area contributed by atoms with E-state index in [1.165, 1.54) is 7.11 Å². The van der Waals surface area contributed by atoms with E-state index in [4.69, 9.17) is 9.47 Å². The summed E-state index contributed by atoms with van der Waals surface area (Å²) < 4.78 is 10.3. The van der Waals surface area contributed by atoms with Crippen LogP contribution in [0.2, 0.25) is 0 Å². The quantitative estimate of drug-likeness (QED) is 0.408. The smallest absolute Gasteiger partial charge is 0.343 e. The summed E-state index contributed by atoms with van der Waals surface area (Å²) in [5, 5.41) is 2.76. The van der Waals surface area contributed by atoms with Gasteiger partial charge in [0.25, 0.3) is 5.91 Å². The molecule has 0 atom stereocenters. The first-order valence-electron chi connectivity index (χ1n) is 10.2. The fourth-order valence-electron chi connectivity index (χ4n) is 3.40. The van der Waals surface area contributed by atoms with Crippen LogP contribution in [0.25, 0.3) is 6.08 Å². The fraction of sp³-hybridized carbons (Fsp3) is 0.240. The topological polar surface area (TPSA) is 84.9 Å². The van der Waals surface area contributed by atoms with Gasteiger partial charge < -0.3 is 19.7 Å². The first-order chi connectivity index (χ1) is 15.3. The van der Waals surface area contributed by atoms with Crippen molar-refractivity contribution in [1.29, 1.82) is 0 Å². The van der Waals surface area contributed by atoms with Gasteiger partial charge in [-0.05, 0) is 56.7 Å². The SMILES string of the molecule is COC(=O)C1=C(C)N(c2ccccc2)/C(=C\c2ccc(OCC(=O)NC(C)C)cc2)C1=O. The summed E-state index contributed by atoms with van der Waals surface area (Å²) in [6.07, 6.45) is 1.71. The lowest BCUT2D eigenvalue weighted by atomic mass is 10.1. The molecule has 166 valence electrons. The van der Waals surface area contributed by atoms with Crippen molar-refractivity contribution in [2.75, 3.05) is 18.6 Å². The molecule has 0 radical (unpaired) electrons. The zero-order valence-corrected chi connectivity index (χ0v) is 18.5. The zero-order valence-electron chi connectivity index (χ0n) is 18.5. The van der Waals surface area contributed by atoms with Gasteiger partial charge in [0.2, 0.25) is 5.78 Å². The molecule has 32 heavy (non-hydrogen) atoms. The molecule has 0 fully saturated rings. The maximum absolute atomic E-state index is 13.1. The van der Waals surface area contributed by atoms with Gasteiger partial charge in [-0.3, -0.25) is 9.59 Å². The van der Waals surface area contributed by atoms with Gasteiger partial charge in [0.15, 0.2) is 6.61 Å². The highest BCUT2D eigenvalue weighted by Crippen LogP contribution is 2.35. The van der Waals surface area contributed by atoms with Crippen LogP contribution in [-0.2, 0) is 19.1 Å². The summed E-state index contributed by atoms with van der Waals surface area (Å²) in [5.74, 6) is -0.726. The third-order valence-corrected chi connectivity index (χ3v) is 4.80. The lowest BCUT2D eigenvalue weighted by Crippen LogP contribution is -2.34. The molecule has 1 N–H and O–H groups in total. The third kappa shape index (κ3) is 5.06. The molecule has 1 heterocycles. The maximum atomic E-state index is 13.1. The van der Waals surface area contributed by atoms with Gasteiger partial charge >= 0.3 is 5.97 Å². The number of ketones is 1. The summed E-state index contributed by atoms with van der Waals surface area (Å²) in [5.41, 5.74) is 2.38. The van der Waals surface area contributed by atoms with Gasteiger partial charge in [-0.25, -0.2) is 4.79 Å². The van der Waals surface area contributed by atoms with Crippen molar-refractivity contribution >= 4 is 29.4 Å². The molecule has 1 amide bonds. The number of rotatable bonds is 7. The lowest BCUT2D eigenvalue weighted by molar-refractivity contribution is -0.137. The number of hydrogen-bond acceptors (Lipinski definition) is 6. The van der Waals surface area contributed by atoms with Crippen LogP contribution in [0.3, 0.4) is 0 Å². The largest absolute Gasteiger partial charge is 0.484 e. The molecule has 0 spiro atoms. The van der Waals surface area contributed by atoms with Crippen molar-refractivity contribution in [2.45, 2.75) is 26.8 Å². The number of Topliss-reactive ketones (excluding diaryl/α,β-unsaturated/α-hetero) is 1. The van der Waals surface area contributed by atoms with Crippen LogP contribution in [0.1, 0.15) is 26.3 Å². The number of carbonyl (C=O) groups is 3. The van der Waals surface area contributed by atoms with Gasteiger partial charge in [-0.15, -0.1) is 0 Å². The Morgan fingerprint density at radius 1 is 1.06 bits per heavy atom. The van der Waals surface area contributed by atoms with Crippen LogP contribution in [0.4, 0.5) is 5.69 Å². The van der Waals surface area contributed by atoms with E-state index in [9.17, 15) is 14.4 Å². The minimum atomic E-state index is -0.666. The van der Waals surface area contributed by atoms with Crippen LogP contribution < -0.4 is 15.0 Å². The highest BCUT2D eigenvalue weighted by atomic mass is 16.5. The number of hydrogen-bond donors (Lipinski definition) is 1. The third-order valence-electron chi connectivity index (χ3n) is 4.80. The Hall–Kier alpha value is -3.87. The van der Waals surface area contributed by atoms with Crippen LogP contribution in [0.15, 0.2) is 71.6 Å². The predicted octanol–water partition coefficient (Wildman–Crippen LogP) is 3.47. The standard InChI is InChI=1S/C25H26N2O5/c1-16(2)26-22(28)15-32-20-12-10-18(11-13-20)14-21-24(29)23(25(30)31-4)17(3)27(21)19-8-6-5-7-9-19/h5-14,16H,15H2,1-4H3,(H,26,28)/b21-14-. The highest BCUT2D eigenvalue weighted by Gasteiger charge is 2.38. The number of nitrogens with zero attached hydrogens (tertiary/aromatic N) is 1. The molecule has 3 rings (SSSR count). The van der Waals surface area contributed by atoms with Gasteiger partial charge in [-0.1, -0.05) is 30.3 Å². The van der Waals surface area contributed by atoms with Crippen molar-refractivity contribution in [3.63, 3.8) is 0 Å². The van der Waals surface area contributed by atoms with Crippen LogP contribution in [0.5, 0.6) is 5.75 Å². The normalized spacial score (nSPS) is 14.8. The van der Waals surface area contributed by atoms with E-state index >= 15 is 0 Å². The number of amides is 1. The van der Waals surface area contributed by atoms with Crippen molar-refractivity contribution in [3.05, 3.63) is 77.1 Å². The van der Waals surface area contributed by atoms with Crippen molar-refractivity contribution < 1.29 is 23.9 Å². The summed E-state index contributed by atoms with van der Waals surface area (Å²) in [6, 6.07) is 16.4. The number of anilines is 1. The molecule has 0 bridgehead atoms. The average molecular weight is 434 g/mol. The predicted molar refractivity (Wildman–Crippen MR) is 122 cm³/mol. The molecule has 7 heteroatoms. The van der Waals surface area contributed by atoms with E-state index in [0.717, 1.165) is 11.3 Å². The molecular formula is C25H26N2O5. The second kappa shape index (κ2) is 9.96. The number of benzene rings is 2. The van der Waals surface area contributed by atoms with E-state index in [1.54, 1.807) is 42.2 Å². The summed E-state index contributed by atoms with van der Waals surface area (Å²) in [4.78, 5) is 38.8. The van der Waals surface area contributed by atoms with E-state index < -0.39 is 11.8 Å². The average Bonchev–Trinajstić information content (AvgIpc) is 3.02. The Morgan fingerprint density at radius 2 is 1.72 bits per heavy atom. The van der Waals surface area contributed by atoms with Crippen LogP contribution in [-0.4, -0.2) is 37.4 Å². The van der Waals surface area contributed by atoms with Crippen molar-refractivity contribution in [2.24, 2.45) is 0 Å². The minimum Gasteiger partial charge on any atom is -0.484 e. The van der Waals surface area contributed by atoms with Gasteiger partial charge in [-0.2, -0.15) is 0 Å². The molecule has 1 aliphatic rings. The number of esters is 1. The molecule has 2 aromatic carbocycles. The first kappa shape index (κ1) is 22.8. The Balaban J connectivity index is 1.86. The fourth-order valence-corrected chi connectivity index (χ4v) is 3.40. The lowest BCUT2D eigenvalue weighted by Gasteiger charge is -2.21. The molecule has 0 saturated heterocycles. The van der Waals surface area contributed by atoms with Gasteiger partial charge in [0.1, 0.15) is 11.3 Å². The monoisotopic (exact) mass is 434 g/mol. The van der Waals surface area contributed by atoms with E-state index in [2.05, 4.69) is 5.32 Å². The molecule has 0 aliphatic carbocycles. The number of carbonyl (C=O) groups excluding carboxylic acids is 3. The zero-order chi connectivity index (χ0) is 23.3. The van der Waals surface area contributed by atoms with Crippen molar-refractivity contribution in [1.82, 2.24) is 5.32 Å². The van der Waals surface area contributed by atoms with E-state index in [-0.39, 0.29) is 24.1 Å². The van der Waals surface area contributed by atoms with E-state index in [0.29, 0.717) is 17.1 Å². The Labute approximate surface area is 187 Å². The molecule has 2 aromatic rings. The number of ether oxygens (including phenoxy) is 2. The molecule has 7 nitrogen and oxygen atoms in total. The Bertz CT molecular complexity index is 1070. The van der Waals surface area contributed by atoms with Gasteiger partial charge in [0, 0.05) is 17.4 Å². The second-order valence-corrected chi connectivity index (χ2v) is 7.56. The minimum absolute atomic E-state index is 0.0127. The van der Waals surface area contributed by atoms with Crippen LogP contribution in [0, 0.1) is 0 Å². The maximum Gasteiger partial charge on any atom is 0.343 e. The van der Waals surface area contributed by atoms with Crippen LogP contribution >= 0.6 is 0 Å². The second-order valence-electron chi connectivity index (χ2n) is 7.56. The molecule has 0 unspecified atom stereocenters. The summed E-state index contributed by atoms with van der Waals surface area (Å²) >= 11 is 0. The molecule has 0 saturated carbocycles. The number of methoxy groups -OCH3 is 1. The molecular weight excluding hydrogens is 408 g/mol. The number of para-hydroxylation sites is 1. The Morgan fingerprint density at radius 3 is 2.31 bits per heavy atom. The number of nitrogens with one attached hydrogen (secondary N) is 1. The van der Waals surface area contributed by atoms with Gasteiger partial charge in [0.05, 0.1) is 12.8 Å². The summed E-state index contributed by atoms with van der Waals surface area (Å²) in [6.45, 7) is 5.40. The Kier molecular flexibility index (Phi) is 7.10. The molecule has 1 aliphatic heterocycles. The van der Waals surface area contributed by atoms with E-state index in [1.807, 2.05) is 44.2 Å². The molecule has 0 aromatic heterocycles.